The molecular weight excluding hydrogens is 356 g/mol. The number of amides is 2. The Morgan fingerprint density at radius 1 is 1.19 bits per heavy atom. The van der Waals surface area contributed by atoms with Gasteiger partial charge in [-0.3, -0.25) is 14.5 Å². The van der Waals surface area contributed by atoms with Crippen molar-refractivity contribution >= 4 is 29.2 Å². The van der Waals surface area contributed by atoms with Gasteiger partial charge in [0.15, 0.2) is 5.82 Å². The van der Waals surface area contributed by atoms with Crippen molar-refractivity contribution in [2.45, 2.75) is 13.3 Å². The number of hydrogen-bond donors (Lipinski definition) is 1. The van der Waals surface area contributed by atoms with Crippen molar-refractivity contribution in [2.75, 3.05) is 38.0 Å². The summed E-state index contributed by atoms with van der Waals surface area (Å²) >= 11 is 5.86. The molecule has 138 valence electrons. The summed E-state index contributed by atoms with van der Waals surface area (Å²) in [6, 6.07) is 8.98. The molecule has 0 bridgehead atoms. The molecule has 1 saturated heterocycles. The van der Waals surface area contributed by atoms with E-state index in [1.54, 1.807) is 25.1 Å². The van der Waals surface area contributed by atoms with E-state index in [0.29, 0.717) is 49.2 Å². The summed E-state index contributed by atoms with van der Waals surface area (Å²) in [6.07, 6.45) is 0.364. The Bertz CT molecular complexity index is 767. The van der Waals surface area contributed by atoms with Crippen LogP contribution in [0.15, 0.2) is 34.9 Å². The number of carbonyl (C=O) groups is 2. The number of nitrogens with zero attached hydrogens (tertiary/aromatic N) is 3. The van der Waals surface area contributed by atoms with E-state index in [1.807, 2.05) is 21.9 Å². The van der Waals surface area contributed by atoms with Crippen molar-refractivity contribution in [1.29, 1.82) is 0 Å². The molecule has 2 heterocycles. The number of piperazine rings is 1. The number of aromatic nitrogens is 1. The van der Waals surface area contributed by atoms with Gasteiger partial charge in [0.05, 0.1) is 13.0 Å². The maximum atomic E-state index is 12.4. The van der Waals surface area contributed by atoms with Crippen LogP contribution in [0.4, 0.5) is 5.82 Å². The second kappa shape index (κ2) is 8.33. The molecule has 3 rings (SSSR count). The molecular formula is C18H21ClN4O3. The Morgan fingerprint density at radius 2 is 1.88 bits per heavy atom. The molecule has 1 fully saturated rings. The van der Waals surface area contributed by atoms with Gasteiger partial charge in [-0.15, -0.1) is 0 Å². The summed E-state index contributed by atoms with van der Waals surface area (Å²) in [4.78, 5) is 28.3. The zero-order valence-electron chi connectivity index (χ0n) is 14.6. The molecule has 1 aliphatic heterocycles. The Hall–Kier alpha value is -2.38. The Balaban J connectivity index is 1.42. The highest BCUT2D eigenvalue weighted by Gasteiger charge is 2.22. The number of nitrogens with one attached hydrogen (secondary N) is 1. The maximum absolute atomic E-state index is 12.4. The van der Waals surface area contributed by atoms with E-state index < -0.39 is 0 Å². The molecule has 7 nitrogen and oxygen atoms in total. The summed E-state index contributed by atoms with van der Waals surface area (Å²) < 4.78 is 4.92. The lowest BCUT2D eigenvalue weighted by Gasteiger charge is -2.34. The van der Waals surface area contributed by atoms with Crippen molar-refractivity contribution in [3.8, 4) is 0 Å². The molecule has 0 atom stereocenters. The zero-order valence-corrected chi connectivity index (χ0v) is 15.3. The number of benzene rings is 1. The molecule has 0 aliphatic carbocycles. The van der Waals surface area contributed by atoms with Crippen molar-refractivity contribution in [3.63, 3.8) is 0 Å². The Labute approximate surface area is 156 Å². The molecule has 1 N–H and O–H groups in total. The zero-order chi connectivity index (χ0) is 18.5. The van der Waals surface area contributed by atoms with Crippen LogP contribution in [0, 0.1) is 6.92 Å². The first-order valence-corrected chi connectivity index (χ1v) is 8.85. The number of halogens is 1. The van der Waals surface area contributed by atoms with Crippen LogP contribution >= 0.6 is 11.6 Å². The maximum Gasteiger partial charge on any atom is 0.239 e. The lowest BCUT2D eigenvalue weighted by Crippen LogP contribution is -2.50. The lowest BCUT2D eigenvalue weighted by molar-refractivity contribution is -0.132. The first-order chi connectivity index (χ1) is 12.5. The summed E-state index contributed by atoms with van der Waals surface area (Å²) in [5.41, 5.74) is 0.948. The van der Waals surface area contributed by atoms with E-state index in [9.17, 15) is 9.59 Å². The molecule has 1 aromatic carbocycles. The average Bonchev–Trinajstić information content (AvgIpc) is 3.02. The van der Waals surface area contributed by atoms with Crippen molar-refractivity contribution in [1.82, 2.24) is 15.0 Å². The number of hydrogen-bond acceptors (Lipinski definition) is 5. The van der Waals surface area contributed by atoms with Crippen LogP contribution in [-0.2, 0) is 16.0 Å². The van der Waals surface area contributed by atoms with E-state index in [4.69, 9.17) is 16.1 Å². The van der Waals surface area contributed by atoms with Gasteiger partial charge >= 0.3 is 0 Å². The van der Waals surface area contributed by atoms with Crippen molar-refractivity contribution in [2.24, 2.45) is 0 Å². The number of carbonyl (C=O) groups excluding carboxylic acids is 2. The van der Waals surface area contributed by atoms with E-state index in [-0.39, 0.29) is 18.4 Å². The monoisotopic (exact) mass is 376 g/mol. The number of rotatable bonds is 5. The van der Waals surface area contributed by atoms with E-state index in [1.165, 1.54) is 0 Å². The lowest BCUT2D eigenvalue weighted by atomic mass is 10.1. The third-order valence-electron chi connectivity index (χ3n) is 4.26. The van der Waals surface area contributed by atoms with Crippen LogP contribution in [0.2, 0.25) is 5.02 Å². The van der Waals surface area contributed by atoms with Crippen LogP contribution < -0.4 is 5.32 Å². The normalized spacial score (nSPS) is 15.1. The predicted octanol–water partition coefficient (Wildman–Crippen LogP) is 1.96. The molecule has 2 aromatic rings. The van der Waals surface area contributed by atoms with Gasteiger partial charge in [0, 0.05) is 37.3 Å². The first kappa shape index (κ1) is 18.4. The van der Waals surface area contributed by atoms with Gasteiger partial charge in [0.2, 0.25) is 11.8 Å². The topological polar surface area (TPSA) is 78.7 Å². The highest BCUT2D eigenvalue weighted by Crippen LogP contribution is 2.12. The minimum absolute atomic E-state index is 0.0921. The minimum atomic E-state index is -0.140. The van der Waals surface area contributed by atoms with E-state index >= 15 is 0 Å². The van der Waals surface area contributed by atoms with Crippen LogP contribution in [0.25, 0.3) is 0 Å². The molecule has 8 heteroatoms. The molecule has 2 amide bonds. The molecule has 0 radical (unpaired) electrons. The third-order valence-corrected chi connectivity index (χ3v) is 4.51. The first-order valence-electron chi connectivity index (χ1n) is 8.47. The summed E-state index contributed by atoms with van der Waals surface area (Å²) in [7, 11) is 0. The van der Waals surface area contributed by atoms with Gasteiger partial charge in [0.25, 0.3) is 0 Å². The number of aryl methyl sites for hydroxylation is 1. The smallest absolute Gasteiger partial charge is 0.239 e. The van der Waals surface area contributed by atoms with Crippen molar-refractivity contribution < 1.29 is 14.1 Å². The Kier molecular flexibility index (Phi) is 5.90. The standard InChI is InChI=1S/C18H21ClN4O3/c1-13-10-16(21-26-13)20-17(24)12-22-6-8-23(9-7-22)18(25)11-14-2-4-15(19)5-3-14/h2-5,10H,6-9,11-12H2,1H3,(H,20,21,24). The average molecular weight is 377 g/mol. The van der Waals surface area contributed by atoms with Gasteiger partial charge in [-0.05, 0) is 24.6 Å². The molecule has 1 aliphatic rings. The molecule has 0 spiro atoms. The van der Waals surface area contributed by atoms with E-state index in [0.717, 1.165) is 5.56 Å². The molecule has 1 aromatic heterocycles. The fraction of sp³-hybridized carbons (Fsp3) is 0.389. The molecule has 26 heavy (non-hydrogen) atoms. The molecule has 0 unspecified atom stereocenters. The summed E-state index contributed by atoms with van der Waals surface area (Å²) in [6.45, 7) is 4.59. The Morgan fingerprint density at radius 3 is 2.50 bits per heavy atom. The SMILES string of the molecule is Cc1cc(NC(=O)CN2CCN(C(=O)Cc3ccc(Cl)cc3)CC2)no1. The van der Waals surface area contributed by atoms with Crippen LogP contribution in [-0.4, -0.2) is 59.5 Å². The highest BCUT2D eigenvalue weighted by molar-refractivity contribution is 6.30. The number of anilines is 1. The van der Waals surface area contributed by atoms with Gasteiger partial charge in [-0.1, -0.05) is 28.9 Å². The third kappa shape index (κ3) is 5.06. The second-order valence-electron chi connectivity index (χ2n) is 6.33. The largest absolute Gasteiger partial charge is 0.360 e. The summed E-state index contributed by atoms with van der Waals surface area (Å²) in [5, 5.41) is 7.11. The van der Waals surface area contributed by atoms with Gasteiger partial charge < -0.3 is 14.7 Å². The van der Waals surface area contributed by atoms with E-state index in [2.05, 4.69) is 10.5 Å². The predicted molar refractivity (Wildman–Crippen MR) is 98.0 cm³/mol. The second-order valence-corrected chi connectivity index (χ2v) is 6.77. The van der Waals surface area contributed by atoms with Crippen LogP contribution in [0.5, 0.6) is 0 Å². The van der Waals surface area contributed by atoms with Crippen LogP contribution in [0.1, 0.15) is 11.3 Å². The molecule has 0 saturated carbocycles. The minimum Gasteiger partial charge on any atom is -0.360 e. The fourth-order valence-corrected chi connectivity index (χ4v) is 2.98. The quantitative estimate of drug-likeness (QED) is 0.863. The van der Waals surface area contributed by atoms with Gasteiger partial charge in [-0.2, -0.15) is 0 Å². The van der Waals surface area contributed by atoms with Gasteiger partial charge in [0.1, 0.15) is 5.76 Å². The van der Waals surface area contributed by atoms with Crippen LogP contribution in [0.3, 0.4) is 0 Å². The fourth-order valence-electron chi connectivity index (χ4n) is 2.85. The van der Waals surface area contributed by atoms with Gasteiger partial charge in [-0.25, -0.2) is 0 Å². The van der Waals surface area contributed by atoms with Crippen molar-refractivity contribution in [3.05, 3.63) is 46.7 Å². The summed E-state index contributed by atoms with van der Waals surface area (Å²) in [5.74, 6) is 1.02. The highest BCUT2D eigenvalue weighted by atomic mass is 35.5.